The average molecular weight is 352 g/mol. The quantitative estimate of drug-likeness (QED) is 0.830. The molecule has 0 saturated heterocycles. The lowest BCUT2D eigenvalue weighted by molar-refractivity contribution is -0.0498. The zero-order valence-corrected chi connectivity index (χ0v) is 13.9. The predicted molar refractivity (Wildman–Crippen MR) is 88.2 cm³/mol. The molecule has 0 fully saturated rings. The van der Waals surface area contributed by atoms with E-state index < -0.39 is 12.5 Å². The van der Waals surface area contributed by atoms with Crippen molar-refractivity contribution in [2.75, 3.05) is 20.6 Å². The minimum Gasteiger partial charge on any atom is -0.435 e. The summed E-state index contributed by atoms with van der Waals surface area (Å²) < 4.78 is 42.2. The molecule has 0 bridgehead atoms. The first kappa shape index (κ1) is 18.8. The van der Waals surface area contributed by atoms with Crippen molar-refractivity contribution in [3.05, 3.63) is 65.5 Å². The smallest absolute Gasteiger partial charge is 0.387 e. The number of halogens is 3. The number of likely N-dealkylation sites (N-methyl/N-ethyl adjacent to an activating group) is 1. The Kier molecular flexibility index (Phi) is 6.41. The first-order valence-corrected chi connectivity index (χ1v) is 7.62. The van der Waals surface area contributed by atoms with E-state index in [4.69, 9.17) is 0 Å². The van der Waals surface area contributed by atoms with Crippen molar-refractivity contribution in [1.82, 2.24) is 10.2 Å². The Morgan fingerprint density at radius 1 is 1.16 bits per heavy atom. The molecule has 0 heterocycles. The molecule has 4 nitrogen and oxygen atoms in total. The number of rotatable bonds is 7. The van der Waals surface area contributed by atoms with Crippen LogP contribution >= 0.6 is 0 Å². The van der Waals surface area contributed by atoms with Crippen LogP contribution in [-0.4, -0.2) is 38.1 Å². The van der Waals surface area contributed by atoms with Crippen molar-refractivity contribution in [2.45, 2.75) is 12.7 Å². The molecule has 1 atom stereocenters. The molecule has 0 aliphatic carbocycles. The van der Waals surface area contributed by atoms with Gasteiger partial charge >= 0.3 is 6.61 Å². The molecule has 0 aliphatic heterocycles. The molecule has 2 rings (SSSR count). The molecule has 7 heteroatoms. The number of ether oxygens (including phenoxy) is 1. The molecule has 1 amide bonds. The average Bonchev–Trinajstić information content (AvgIpc) is 2.54. The zero-order chi connectivity index (χ0) is 18.4. The Morgan fingerprint density at radius 3 is 2.52 bits per heavy atom. The van der Waals surface area contributed by atoms with Crippen LogP contribution in [-0.2, 0) is 0 Å². The number of hydrogen-bond donors (Lipinski definition) is 1. The number of alkyl halides is 2. The maximum atomic E-state index is 13.4. The second kappa shape index (κ2) is 8.53. The fraction of sp³-hybridized carbons (Fsp3) is 0.278. The summed E-state index contributed by atoms with van der Waals surface area (Å²) in [6.45, 7) is -2.72. The number of hydrogen-bond acceptors (Lipinski definition) is 3. The summed E-state index contributed by atoms with van der Waals surface area (Å²) in [6, 6.07) is 11.5. The van der Waals surface area contributed by atoms with E-state index in [0.717, 1.165) is 5.56 Å². The molecule has 25 heavy (non-hydrogen) atoms. The van der Waals surface area contributed by atoms with E-state index in [1.807, 2.05) is 19.0 Å². The van der Waals surface area contributed by atoms with E-state index in [0.29, 0.717) is 0 Å². The Bertz CT molecular complexity index is 723. The van der Waals surface area contributed by atoms with Gasteiger partial charge in [0.05, 0.1) is 6.04 Å². The minimum absolute atomic E-state index is 0.0862. The summed E-state index contributed by atoms with van der Waals surface area (Å²) in [5.74, 6) is -0.868. The lowest BCUT2D eigenvalue weighted by Crippen LogP contribution is -2.34. The van der Waals surface area contributed by atoms with Crippen LogP contribution in [0.2, 0.25) is 0 Å². The van der Waals surface area contributed by atoms with Gasteiger partial charge < -0.3 is 15.0 Å². The highest BCUT2D eigenvalue weighted by molar-refractivity contribution is 5.94. The number of nitrogens with one attached hydrogen (secondary N) is 1. The van der Waals surface area contributed by atoms with E-state index >= 15 is 0 Å². The number of nitrogens with zero attached hydrogens (tertiary/aromatic N) is 1. The van der Waals surface area contributed by atoms with E-state index in [2.05, 4.69) is 10.1 Å². The highest BCUT2D eigenvalue weighted by atomic mass is 19.3. The summed E-state index contributed by atoms with van der Waals surface area (Å²) in [6.07, 6.45) is 0. The normalized spacial score (nSPS) is 12.3. The second-order valence-electron chi connectivity index (χ2n) is 5.65. The first-order chi connectivity index (χ1) is 11.9. The Balaban J connectivity index is 2.06. The number of benzene rings is 2. The van der Waals surface area contributed by atoms with Crippen molar-refractivity contribution in [3.8, 4) is 5.75 Å². The van der Waals surface area contributed by atoms with E-state index in [9.17, 15) is 18.0 Å². The number of amides is 1. The minimum atomic E-state index is -2.95. The topological polar surface area (TPSA) is 41.6 Å². The summed E-state index contributed by atoms with van der Waals surface area (Å²) in [5, 5.41) is 2.73. The first-order valence-electron chi connectivity index (χ1n) is 7.62. The Hall–Kier alpha value is -2.54. The molecule has 2 aromatic carbocycles. The maximum Gasteiger partial charge on any atom is 0.387 e. The van der Waals surface area contributed by atoms with E-state index in [1.54, 1.807) is 12.1 Å². The van der Waals surface area contributed by atoms with Crippen LogP contribution in [0.15, 0.2) is 48.5 Å². The van der Waals surface area contributed by atoms with Crippen LogP contribution in [0.3, 0.4) is 0 Å². The van der Waals surface area contributed by atoms with Crippen LogP contribution in [0.4, 0.5) is 13.2 Å². The monoisotopic (exact) mass is 352 g/mol. The fourth-order valence-corrected chi connectivity index (χ4v) is 2.42. The summed E-state index contributed by atoms with van der Waals surface area (Å²) in [5.41, 5.74) is 0.926. The van der Waals surface area contributed by atoms with Crippen molar-refractivity contribution < 1.29 is 22.7 Å². The van der Waals surface area contributed by atoms with Gasteiger partial charge in [-0.2, -0.15) is 8.78 Å². The second-order valence-corrected chi connectivity index (χ2v) is 5.65. The highest BCUT2D eigenvalue weighted by Crippen LogP contribution is 2.19. The van der Waals surface area contributed by atoms with Gasteiger partial charge in [-0.25, -0.2) is 4.39 Å². The van der Waals surface area contributed by atoms with Crippen molar-refractivity contribution in [2.24, 2.45) is 0 Å². The Labute approximate surface area is 144 Å². The SMILES string of the molecule is CN(C)[C@@H](CNC(=O)c1cccc(OC(F)F)c1)c1cccc(F)c1. The standard InChI is InChI=1S/C18H19F3N2O2/c1-23(2)16(12-5-3-7-14(19)9-12)11-22-17(24)13-6-4-8-15(10-13)25-18(20)21/h3-10,16,18H,11H2,1-2H3,(H,22,24)/t16-/m0/s1. The van der Waals surface area contributed by atoms with Gasteiger partial charge in [0.1, 0.15) is 11.6 Å². The van der Waals surface area contributed by atoms with Gasteiger partial charge in [-0.3, -0.25) is 4.79 Å². The van der Waals surface area contributed by atoms with Gasteiger partial charge in [0, 0.05) is 12.1 Å². The van der Waals surface area contributed by atoms with Crippen LogP contribution in [0.1, 0.15) is 22.0 Å². The van der Waals surface area contributed by atoms with Gasteiger partial charge in [-0.05, 0) is 50.0 Å². The van der Waals surface area contributed by atoms with Crippen LogP contribution in [0.25, 0.3) is 0 Å². The van der Waals surface area contributed by atoms with E-state index in [1.165, 1.54) is 36.4 Å². The molecule has 0 radical (unpaired) electrons. The summed E-state index contributed by atoms with van der Waals surface area (Å²) in [7, 11) is 3.64. The molecule has 2 aromatic rings. The highest BCUT2D eigenvalue weighted by Gasteiger charge is 2.17. The summed E-state index contributed by atoms with van der Waals surface area (Å²) >= 11 is 0. The van der Waals surface area contributed by atoms with Gasteiger partial charge in [0.25, 0.3) is 5.91 Å². The predicted octanol–water partition coefficient (Wildman–Crippen LogP) is 3.46. The molecule has 0 aromatic heterocycles. The van der Waals surface area contributed by atoms with Crippen molar-refractivity contribution in [1.29, 1.82) is 0 Å². The molecule has 0 spiro atoms. The largest absolute Gasteiger partial charge is 0.435 e. The third kappa shape index (κ3) is 5.49. The number of carbonyl (C=O) groups is 1. The summed E-state index contributed by atoms with van der Waals surface area (Å²) in [4.78, 5) is 14.1. The third-order valence-electron chi connectivity index (χ3n) is 3.63. The molecule has 0 aliphatic rings. The fourth-order valence-electron chi connectivity index (χ4n) is 2.42. The van der Waals surface area contributed by atoms with Crippen molar-refractivity contribution in [3.63, 3.8) is 0 Å². The van der Waals surface area contributed by atoms with Gasteiger partial charge in [-0.1, -0.05) is 18.2 Å². The lowest BCUT2D eigenvalue weighted by atomic mass is 10.1. The van der Waals surface area contributed by atoms with Crippen LogP contribution < -0.4 is 10.1 Å². The molecular formula is C18H19F3N2O2. The van der Waals surface area contributed by atoms with Gasteiger partial charge in [0.2, 0.25) is 0 Å². The molecule has 1 N–H and O–H groups in total. The van der Waals surface area contributed by atoms with Crippen LogP contribution in [0, 0.1) is 5.82 Å². The van der Waals surface area contributed by atoms with Crippen LogP contribution in [0.5, 0.6) is 5.75 Å². The van der Waals surface area contributed by atoms with Crippen molar-refractivity contribution >= 4 is 5.91 Å². The zero-order valence-electron chi connectivity index (χ0n) is 13.9. The maximum absolute atomic E-state index is 13.4. The molecular weight excluding hydrogens is 333 g/mol. The Morgan fingerprint density at radius 2 is 1.88 bits per heavy atom. The lowest BCUT2D eigenvalue weighted by Gasteiger charge is -2.25. The molecule has 0 unspecified atom stereocenters. The molecule has 0 saturated carbocycles. The molecule has 134 valence electrons. The third-order valence-corrected chi connectivity index (χ3v) is 3.63. The van der Waals surface area contributed by atoms with Gasteiger partial charge in [0.15, 0.2) is 0 Å². The van der Waals surface area contributed by atoms with Gasteiger partial charge in [-0.15, -0.1) is 0 Å². The van der Waals surface area contributed by atoms with E-state index in [-0.39, 0.29) is 29.7 Å². The number of carbonyl (C=O) groups excluding carboxylic acids is 1.